The van der Waals surface area contributed by atoms with Gasteiger partial charge >= 0.3 is 0 Å². The number of hydrogen-bond acceptors (Lipinski definition) is 3. The molecule has 3 rings (SSSR count). The summed E-state index contributed by atoms with van der Waals surface area (Å²) >= 11 is 6.28. The number of nitrogens with zero attached hydrogens (tertiary/aromatic N) is 2. The molecule has 0 unspecified atom stereocenters. The van der Waals surface area contributed by atoms with Crippen LogP contribution < -0.4 is 9.64 Å². The largest absolute Gasteiger partial charge is 0.497 e. The number of hydrogen-bond donors (Lipinski definition) is 0. The number of amides is 1. The highest BCUT2D eigenvalue weighted by Crippen LogP contribution is 2.36. The van der Waals surface area contributed by atoms with Gasteiger partial charge in [-0.25, -0.2) is 0 Å². The summed E-state index contributed by atoms with van der Waals surface area (Å²) in [6.07, 6.45) is 0.217. The molecule has 1 aliphatic rings. The summed E-state index contributed by atoms with van der Waals surface area (Å²) in [4.78, 5) is 19.1. The fourth-order valence-electron chi connectivity index (χ4n) is 2.70. The third-order valence-corrected chi connectivity index (χ3v) is 4.18. The van der Waals surface area contributed by atoms with E-state index in [0.29, 0.717) is 23.0 Å². The maximum Gasteiger partial charge on any atom is 0.233 e. The van der Waals surface area contributed by atoms with Crippen molar-refractivity contribution in [3.05, 3.63) is 53.1 Å². The standard InChI is InChI=1S/C18H17ClN2O2/c1-3-21-17-10-12(23-2)8-9-15(17)20-16(11-18(21)22)13-6-4-5-7-14(13)19/h4-10H,3,11H2,1-2H3. The molecule has 1 heterocycles. The number of ether oxygens (including phenoxy) is 1. The average molecular weight is 329 g/mol. The van der Waals surface area contributed by atoms with Gasteiger partial charge in [0.25, 0.3) is 0 Å². The highest BCUT2D eigenvalue weighted by atomic mass is 35.5. The molecular weight excluding hydrogens is 312 g/mol. The summed E-state index contributed by atoms with van der Waals surface area (Å²) in [5.74, 6) is 0.699. The van der Waals surface area contributed by atoms with Crippen LogP contribution in [0.4, 0.5) is 11.4 Å². The van der Waals surface area contributed by atoms with Crippen LogP contribution in [-0.4, -0.2) is 25.3 Å². The predicted molar refractivity (Wildman–Crippen MR) is 93.3 cm³/mol. The molecule has 0 radical (unpaired) electrons. The number of benzene rings is 2. The molecule has 2 aromatic rings. The first kappa shape index (κ1) is 15.6. The van der Waals surface area contributed by atoms with Crippen molar-refractivity contribution in [2.45, 2.75) is 13.3 Å². The van der Waals surface area contributed by atoms with Gasteiger partial charge in [-0.1, -0.05) is 29.8 Å². The van der Waals surface area contributed by atoms with Gasteiger partial charge in [-0.05, 0) is 25.1 Å². The van der Waals surface area contributed by atoms with Gasteiger partial charge in [0.05, 0.1) is 30.6 Å². The van der Waals surface area contributed by atoms with Gasteiger partial charge in [0, 0.05) is 23.2 Å². The summed E-state index contributed by atoms with van der Waals surface area (Å²) < 4.78 is 5.27. The van der Waals surface area contributed by atoms with E-state index >= 15 is 0 Å². The molecule has 0 bridgehead atoms. The van der Waals surface area contributed by atoms with Crippen LogP contribution in [0.3, 0.4) is 0 Å². The molecule has 0 aromatic heterocycles. The van der Waals surface area contributed by atoms with Gasteiger partial charge < -0.3 is 9.64 Å². The Balaban J connectivity index is 2.16. The molecule has 5 heteroatoms. The molecule has 2 aromatic carbocycles. The Labute approximate surface area is 140 Å². The van der Waals surface area contributed by atoms with Gasteiger partial charge in [0.2, 0.25) is 5.91 Å². The van der Waals surface area contributed by atoms with Crippen LogP contribution in [0.5, 0.6) is 5.75 Å². The van der Waals surface area contributed by atoms with Gasteiger partial charge in [0.1, 0.15) is 5.75 Å². The van der Waals surface area contributed by atoms with E-state index in [2.05, 4.69) is 0 Å². The maximum absolute atomic E-state index is 12.7. The fraction of sp³-hybridized carbons (Fsp3) is 0.222. The van der Waals surface area contributed by atoms with Crippen molar-refractivity contribution in [3.8, 4) is 5.75 Å². The first-order chi connectivity index (χ1) is 11.1. The number of halogens is 1. The number of methoxy groups -OCH3 is 1. The molecule has 118 valence electrons. The smallest absolute Gasteiger partial charge is 0.233 e. The second-order valence-electron chi connectivity index (χ2n) is 5.21. The number of anilines is 1. The zero-order valence-corrected chi connectivity index (χ0v) is 13.8. The first-order valence-electron chi connectivity index (χ1n) is 7.45. The number of aliphatic imine (C=N–C) groups is 1. The van der Waals surface area contributed by atoms with E-state index in [4.69, 9.17) is 21.3 Å². The van der Waals surface area contributed by atoms with Crippen molar-refractivity contribution in [1.82, 2.24) is 0 Å². The van der Waals surface area contributed by atoms with Crippen LogP contribution in [0.15, 0.2) is 47.5 Å². The van der Waals surface area contributed by atoms with E-state index in [9.17, 15) is 4.79 Å². The van der Waals surface area contributed by atoms with Gasteiger partial charge in [-0.15, -0.1) is 0 Å². The molecular formula is C18H17ClN2O2. The zero-order valence-electron chi connectivity index (χ0n) is 13.0. The van der Waals surface area contributed by atoms with Gasteiger partial charge in [0.15, 0.2) is 0 Å². The third kappa shape index (κ3) is 2.94. The molecule has 0 spiro atoms. The third-order valence-electron chi connectivity index (χ3n) is 3.85. The Morgan fingerprint density at radius 1 is 1.26 bits per heavy atom. The number of rotatable bonds is 3. The molecule has 0 saturated heterocycles. The second-order valence-corrected chi connectivity index (χ2v) is 5.61. The number of carbonyl (C=O) groups excluding carboxylic acids is 1. The molecule has 0 fully saturated rings. The lowest BCUT2D eigenvalue weighted by atomic mass is 10.1. The van der Waals surface area contributed by atoms with Crippen molar-refractivity contribution in [1.29, 1.82) is 0 Å². The van der Waals surface area contributed by atoms with E-state index < -0.39 is 0 Å². The summed E-state index contributed by atoms with van der Waals surface area (Å²) in [6, 6.07) is 13.0. The van der Waals surface area contributed by atoms with Crippen molar-refractivity contribution in [3.63, 3.8) is 0 Å². The van der Waals surface area contributed by atoms with Crippen LogP contribution in [0.2, 0.25) is 5.02 Å². The minimum atomic E-state index is -0.00169. The molecule has 23 heavy (non-hydrogen) atoms. The quantitative estimate of drug-likeness (QED) is 0.846. The van der Waals surface area contributed by atoms with Crippen LogP contribution in [0.1, 0.15) is 18.9 Å². The molecule has 1 aliphatic heterocycles. The Bertz CT molecular complexity index is 786. The second kappa shape index (κ2) is 6.42. The van der Waals surface area contributed by atoms with Gasteiger partial charge in [-0.2, -0.15) is 0 Å². The first-order valence-corrected chi connectivity index (χ1v) is 7.82. The number of carbonyl (C=O) groups is 1. The minimum Gasteiger partial charge on any atom is -0.497 e. The maximum atomic E-state index is 12.7. The van der Waals surface area contributed by atoms with Crippen LogP contribution in [0, 0.1) is 0 Å². The molecule has 0 aliphatic carbocycles. The molecule has 4 nitrogen and oxygen atoms in total. The van der Waals surface area contributed by atoms with Crippen molar-refractivity contribution in [2.75, 3.05) is 18.6 Å². The lowest BCUT2D eigenvalue weighted by Gasteiger charge is -2.20. The Kier molecular flexibility index (Phi) is 4.35. The summed E-state index contributed by atoms with van der Waals surface area (Å²) in [6.45, 7) is 2.52. The van der Waals surface area contributed by atoms with Crippen LogP contribution in [-0.2, 0) is 4.79 Å². The summed E-state index contributed by atoms with van der Waals surface area (Å²) in [7, 11) is 1.61. The van der Waals surface area contributed by atoms with E-state index in [0.717, 1.165) is 16.9 Å². The van der Waals surface area contributed by atoms with Crippen molar-refractivity contribution >= 4 is 34.6 Å². The zero-order chi connectivity index (χ0) is 16.4. The van der Waals surface area contributed by atoms with E-state index in [1.54, 1.807) is 18.1 Å². The van der Waals surface area contributed by atoms with Crippen molar-refractivity contribution < 1.29 is 9.53 Å². The summed E-state index contributed by atoms with van der Waals surface area (Å²) in [5, 5.41) is 0.596. The monoisotopic (exact) mass is 328 g/mol. The predicted octanol–water partition coefficient (Wildman–Crippen LogP) is 4.23. The minimum absolute atomic E-state index is 0.00169. The molecule has 0 atom stereocenters. The highest BCUT2D eigenvalue weighted by molar-refractivity contribution is 6.35. The Morgan fingerprint density at radius 2 is 2.04 bits per heavy atom. The van der Waals surface area contributed by atoms with Gasteiger partial charge in [-0.3, -0.25) is 9.79 Å². The van der Waals surface area contributed by atoms with Crippen LogP contribution in [0.25, 0.3) is 0 Å². The average Bonchev–Trinajstić information content (AvgIpc) is 2.70. The molecule has 0 saturated carbocycles. The topological polar surface area (TPSA) is 41.9 Å². The van der Waals surface area contributed by atoms with E-state index in [-0.39, 0.29) is 12.3 Å². The normalized spacial score (nSPS) is 14.1. The molecule has 1 amide bonds. The van der Waals surface area contributed by atoms with E-state index in [1.165, 1.54) is 0 Å². The lowest BCUT2D eigenvalue weighted by molar-refractivity contribution is -0.117. The number of fused-ring (bicyclic) bond motifs is 1. The Hall–Kier alpha value is -2.33. The summed E-state index contributed by atoms with van der Waals surface area (Å²) in [5.41, 5.74) is 2.98. The van der Waals surface area contributed by atoms with E-state index in [1.807, 2.05) is 43.3 Å². The highest BCUT2D eigenvalue weighted by Gasteiger charge is 2.25. The van der Waals surface area contributed by atoms with Crippen LogP contribution >= 0.6 is 11.6 Å². The van der Waals surface area contributed by atoms with Crippen molar-refractivity contribution in [2.24, 2.45) is 4.99 Å². The fourth-order valence-corrected chi connectivity index (χ4v) is 2.94. The molecule has 0 N–H and O–H groups in total. The SMILES string of the molecule is CCN1C(=O)CC(c2ccccc2Cl)=Nc2ccc(OC)cc21. The Morgan fingerprint density at radius 3 is 2.74 bits per heavy atom. The lowest BCUT2D eigenvalue weighted by Crippen LogP contribution is -2.31.